The quantitative estimate of drug-likeness (QED) is 0.787. The fraction of sp³-hybridized carbons (Fsp3) is 0.409. The Balaban J connectivity index is 1.52. The maximum absolute atomic E-state index is 12.8. The van der Waals surface area contributed by atoms with Crippen LogP contribution in [-0.4, -0.2) is 27.5 Å². The Hall–Kier alpha value is -2.38. The van der Waals surface area contributed by atoms with E-state index in [0.717, 1.165) is 36.1 Å². The van der Waals surface area contributed by atoms with E-state index in [-0.39, 0.29) is 29.3 Å². The Labute approximate surface area is 171 Å². The SMILES string of the molecule is COc1cccc(CNS(=O)(=O)c2ccc3c(c2)C[C@@H](C)N3C(=O)C2CCC2)c1. The number of carbonyl (C=O) groups excluding carboxylic acids is 1. The molecule has 1 amide bonds. The molecule has 2 aliphatic rings. The van der Waals surface area contributed by atoms with Crippen LogP contribution in [0.1, 0.15) is 37.3 Å². The lowest BCUT2D eigenvalue weighted by Gasteiger charge is -2.32. The van der Waals surface area contributed by atoms with E-state index in [0.29, 0.717) is 12.2 Å². The van der Waals surface area contributed by atoms with E-state index in [9.17, 15) is 13.2 Å². The summed E-state index contributed by atoms with van der Waals surface area (Å²) in [6.07, 6.45) is 3.70. The summed E-state index contributed by atoms with van der Waals surface area (Å²) in [5, 5.41) is 0. The molecule has 1 aliphatic carbocycles. The Bertz CT molecular complexity index is 1030. The molecule has 7 heteroatoms. The number of sulfonamides is 1. The average Bonchev–Trinajstić information content (AvgIpc) is 3.00. The van der Waals surface area contributed by atoms with Crippen LogP contribution in [0.3, 0.4) is 0 Å². The van der Waals surface area contributed by atoms with Gasteiger partial charge in [0.05, 0.1) is 12.0 Å². The maximum atomic E-state index is 12.8. The summed E-state index contributed by atoms with van der Waals surface area (Å²) in [5.74, 6) is 0.982. The van der Waals surface area contributed by atoms with Crippen molar-refractivity contribution in [1.82, 2.24) is 4.72 Å². The Morgan fingerprint density at radius 3 is 2.69 bits per heavy atom. The minimum Gasteiger partial charge on any atom is -0.497 e. The third-order valence-electron chi connectivity index (χ3n) is 5.87. The van der Waals surface area contributed by atoms with Crippen LogP contribution in [0.5, 0.6) is 5.75 Å². The van der Waals surface area contributed by atoms with Gasteiger partial charge in [-0.05, 0) is 67.6 Å². The summed E-state index contributed by atoms with van der Waals surface area (Å²) in [7, 11) is -2.08. The molecule has 4 rings (SSSR count). The number of amides is 1. The summed E-state index contributed by atoms with van der Waals surface area (Å²) in [6.45, 7) is 2.20. The zero-order valence-electron chi connectivity index (χ0n) is 16.7. The molecule has 1 N–H and O–H groups in total. The number of carbonyl (C=O) groups is 1. The van der Waals surface area contributed by atoms with Gasteiger partial charge < -0.3 is 9.64 Å². The molecular weight excluding hydrogens is 388 g/mol. The Kier molecular flexibility index (Phi) is 5.36. The van der Waals surface area contributed by atoms with Crippen LogP contribution in [0.25, 0.3) is 0 Å². The van der Waals surface area contributed by atoms with Crippen molar-refractivity contribution in [3.05, 3.63) is 53.6 Å². The van der Waals surface area contributed by atoms with E-state index in [1.165, 1.54) is 0 Å². The first-order valence-electron chi connectivity index (χ1n) is 9.97. The summed E-state index contributed by atoms with van der Waals surface area (Å²) in [4.78, 5) is 14.9. The van der Waals surface area contributed by atoms with E-state index in [1.807, 2.05) is 30.0 Å². The molecule has 0 spiro atoms. The van der Waals surface area contributed by atoms with Gasteiger partial charge >= 0.3 is 0 Å². The monoisotopic (exact) mass is 414 g/mol. The smallest absolute Gasteiger partial charge is 0.240 e. The molecule has 0 unspecified atom stereocenters. The van der Waals surface area contributed by atoms with Crippen LogP contribution in [-0.2, 0) is 27.8 Å². The summed E-state index contributed by atoms with van der Waals surface area (Å²) < 4.78 is 33.4. The van der Waals surface area contributed by atoms with Gasteiger partial charge in [-0.25, -0.2) is 13.1 Å². The van der Waals surface area contributed by atoms with Gasteiger partial charge in [0, 0.05) is 24.2 Å². The molecule has 2 aromatic rings. The lowest BCUT2D eigenvalue weighted by atomic mass is 9.84. The highest BCUT2D eigenvalue weighted by molar-refractivity contribution is 7.89. The van der Waals surface area contributed by atoms with Gasteiger partial charge in [-0.15, -0.1) is 0 Å². The molecule has 1 heterocycles. The van der Waals surface area contributed by atoms with Gasteiger partial charge in [0.1, 0.15) is 5.75 Å². The van der Waals surface area contributed by atoms with Crippen LogP contribution in [0.2, 0.25) is 0 Å². The number of hydrogen-bond donors (Lipinski definition) is 1. The molecule has 2 aromatic carbocycles. The highest BCUT2D eigenvalue weighted by Crippen LogP contribution is 2.38. The number of hydrogen-bond acceptors (Lipinski definition) is 4. The second-order valence-electron chi connectivity index (χ2n) is 7.86. The first-order valence-corrected chi connectivity index (χ1v) is 11.5. The predicted molar refractivity (Wildman–Crippen MR) is 111 cm³/mol. The normalized spacial score (nSPS) is 19.0. The highest BCUT2D eigenvalue weighted by atomic mass is 32.2. The third kappa shape index (κ3) is 3.89. The molecule has 0 bridgehead atoms. The molecule has 6 nitrogen and oxygen atoms in total. The number of benzene rings is 2. The molecule has 0 saturated heterocycles. The molecule has 0 aromatic heterocycles. The molecular formula is C22H26N2O4S. The second-order valence-corrected chi connectivity index (χ2v) is 9.62. The van der Waals surface area contributed by atoms with E-state index >= 15 is 0 Å². The van der Waals surface area contributed by atoms with Crippen LogP contribution in [0, 0.1) is 5.92 Å². The van der Waals surface area contributed by atoms with Crippen molar-refractivity contribution in [2.45, 2.75) is 50.1 Å². The fourth-order valence-corrected chi connectivity index (χ4v) is 5.07. The van der Waals surface area contributed by atoms with E-state index < -0.39 is 10.0 Å². The molecule has 154 valence electrons. The summed E-state index contributed by atoms with van der Waals surface area (Å²) in [6, 6.07) is 12.4. The number of nitrogens with zero attached hydrogens (tertiary/aromatic N) is 1. The third-order valence-corrected chi connectivity index (χ3v) is 7.27. The average molecular weight is 415 g/mol. The summed E-state index contributed by atoms with van der Waals surface area (Å²) >= 11 is 0. The highest BCUT2D eigenvalue weighted by Gasteiger charge is 2.37. The maximum Gasteiger partial charge on any atom is 0.240 e. The predicted octanol–water partition coefficient (Wildman–Crippen LogP) is 3.25. The van der Waals surface area contributed by atoms with E-state index in [1.54, 1.807) is 31.4 Å². The molecule has 1 atom stereocenters. The van der Waals surface area contributed by atoms with Crippen molar-refractivity contribution >= 4 is 21.6 Å². The van der Waals surface area contributed by atoms with Crippen molar-refractivity contribution in [2.75, 3.05) is 12.0 Å². The number of nitrogens with one attached hydrogen (secondary N) is 1. The van der Waals surface area contributed by atoms with Crippen molar-refractivity contribution in [2.24, 2.45) is 5.92 Å². The minimum atomic E-state index is -3.66. The molecule has 1 aliphatic heterocycles. The van der Waals surface area contributed by atoms with Gasteiger partial charge in [-0.1, -0.05) is 18.6 Å². The van der Waals surface area contributed by atoms with Gasteiger partial charge in [-0.2, -0.15) is 0 Å². The first kappa shape index (κ1) is 19.9. The van der Waals surface area contributed by atoms with Crippen molar-refractivity contribution in [1.29, 1.82) is 0 Å². The first-order chi connectivity index (χ1) is 13.9. The lowest BCUT2D eigenvalue weighted by Crippen LogP contribution is -2.42. The number of fused-ring (bicyclic) bond motifs is 1. The van der Waals surface area contributed by atoms with Crippen LogP contribution in [0.4, 0.5) is 5.69 Å². The van der Waals surface area contributed by atoms with Crippen molar-refractivity contribution in [3.63, 3.8) is 0 Å². The van der Waals surface area contributed by atoms with Gasteiger partial charge in [0.2, 0.25) is 15.9 Å². The minimum absolute atomic E-state index is 0.0563. The second kappa shape index (κ2) is 7.80. The fourth-order valence-electron chi connectivity index (χ4n) is 4.01. The molecule has 1 saturated carbocycles. The lowest BCUT2D eigenvalue weighted by molar-refractivity contribution is -0.125. The van der Waals surface area contributed by atoms with Crippen molar-refractivity contribution < 1.29 is 17.9 Å². The zero-order valence-corrected chi connectivity index (χ0v) is 17.5. The number of anilines is 1. The van der Waals surface area contributed by atoms with Gasteiger partial charge in [0.15, 0.2) is 0 Å². The number of ether oxygens (including phenoxy) is 1. The number of rotatable bonds is 6. The van der Waals surface area contributed by atoms with Crippen LogP contribution in [0.15, 0.2) is 47.4 Å². The van der Waals surface area contributed by atoms with Crippen molar-refractivity contribution in [3.8, 4) is 5.75 Å². The standard InChI is InChI=1S/C22H26N2O4S/c1-15-11-18-13-20(9-10-21(18)24(15)22(25)17-6-4-7-17)29(26,27)23-14-16-5-3-8-19(12-16)28-2/h3,5,8-10,12-13,15,17,23H,4,6-7,11,14H2,1-2H3/t15-/m1/s1. The number of methoxy groups -OCH3 is 1. The summed E-state index contributed by atoms with van der Waals surface area (Å²) in [5.41, 5.74) is 2.58. The van der Waals surface area contributed by atoms with Gasteiger partial charge in [-0.3, -0.25) is 4.79 Å². The Morgan fingerprint density at radius 2 is 2.00 bits per heavy atom. The van der Waals surface area contributed by atoms with E-state index in [2.05, 4.69) is 4.72 Å². The zero-order chi connectivity index (χ0) is 20.6. The molecule has 1 fully saturated rings. The Morgan fingerprint density at radius 1 is 1.21 bits per heavy atom. The van der Waals surface area contributed by atoms with E-state index in [4.69, 9.17) is 4.74 Å². The van der Waals surface area contributed by atoms with Crippen LogP contribution >= 0.6 is 0 Å². The largest absolute Gasteiger partial charge is 0.497 e. The molecule has 0 radical (unpaired) electrons. The van der Waals surface area contributed by atoms with Crippen LogP contribution < -0.4 is 14.4 Å². The van der Waals surface area contributed by atoms with Gasteiger partial charge in [0.25, 0.3) is 0 Å². The molecule has 29 heavy (non-hydrogen) atoms. The topological polar surface area (TPSA) is 75.7 Å².